The van der Waals surface area contributed by atoms with Crippen LogP contribution in [-0.4, -0.2) is 5.38 Å². The van der Waals surface area contributed by atoms with Crippen molar-refractivity contribution in [1.29, 1.82) is 0 Å². The van der Waals surface area contributed by atoms with E-state index < -0.39 is 0 Å². The van der Waals surface area contributed by atoms with Gasteiger partial charge in [0.1, 0.15) is 0 Å². The van der Waals surface area contributed by atoms with Crippen molar-refractivity contribution in [2.24, 2.45) is 5.92 Å². The van der Waals surface area contributed by atoms with Crippen LogP contribution in [-0.2, 0) is 6.42 Å². The zero-order chi connectivity index (χ0) is 10.7. The summed E-state index contributed by atoms with van der Waals surface area (Å²) in [7, 11) is 0. The van der Waals surface area contributed by atoms with Gasteiger partial charge < -0.3 is 0 Å². The topological polar surface area (TPSA) is 0 Å². The van der Waals surface area contributed by atoms with Gasteiger partial charge in [0.15, 0.2) is 0 Å². The minimum Gasteiger partial charge on any atom is -0.149 e. The molecule has 2 unspecified atom stereocenters. The van der Waals surface area contributed by atoms with Gasteiger partial charge in [-0.25, -0.2) is 0 Å². The fraction of sp³-hybridized carbons (Fsp3) is 0.692. The molecule has 15 heavy (non-hydrogen) atoms. The highest BCUT2D eigenvalue weighted by Gasteiger charge is 2.18. The third kappa shape index (κ3) is 3.49. The normalized spacial score (nSPS) is 27.6. The highest BCUT2D eigenvalue weighted by Crippen LogP contribution is 2.30. The van der Waals surface area contributed by atoms with Crippen LogP contribution in [0.3, 0.4) is 0 Å². The van der Waals surface area contributed by atoms with Crippen molar-refractivity contribution in [3.8, 4) is 0 Å². The van der Waals surface area contributed by atoms with Crippen molar-refractivity contribution < 1.29 is 0 Å². The molecule has 1 aliphatic carbocycles. The minimum atomic E-state index is 0.428. The van der Waals surface area contributed by atoms with E-state index in [-0.39, 0.29) is 0 Å². The Morgan fingerprint density at radius 2 is 2.20 bits per heavy atom. The molecule has 1 aliphatic rings. The Kier molecular flexibility index (Phi) is 4.10. The van der Waals surface area contributed by atoms with Gasteiger partial charge in [-0.1, -0.05) is 19.3 Å². The van der Waals surface area contributed by atoms with Crippen molar-refractivity contribution in [1.82, 2.24) is 0 Å². The van der Waals surface area contributed by atoms with Gasteiger partial charge in [-0.05, 0) is 49.1 Å². The van der Waals surface area contributed by atoms with Crippen LogP contribution in [0.15, 0.2) is 11.4 Å². The van der Waals surface area contributed by atoms with Crippen molar-refractivity contribution in [2.75, 3.05) is 0 Å². The summed E-state index contributed by atoms with van der Waals surface area (Å²) in [4.78, 5) is 1.43. The number of hydrogen-bond donors (Lipinski definition) is 0. The molecule has 84 valence electrons. The lowest BCUT2D eigenvalue weighted by molar-refractivity contribution is 0.461. The Morgan fingerprint density at radius 1 is 1.40 bits per heavy atom. The van der Waals surface area contributed by atoms with Crippen LogP contribution in [0.5, 0.6) is 0 Å². The molecule has 2 heteroatoms. The monoisotopic (exact) mass is 242 g/mol. The number of alkyl halides is 1. The molecule has 0 aliphatic heterocycles. The number of aryl methyl sites for hydroxylation is 1. The second-order valence-electron chi connectivity index (χ2n) is 4.75. The van der Waals surface area contributed by atoms with E-state index in [0.29, 0.717) is 5.38 Å². The molecule has 0 bridgehead atoms. The van der Waals surface area contributed by atoms with E-state index in [9.17, 15) is 0 Å². The first-order valence-corrected chi connectivity index (χ1v) is 7.23. The number of rotatable bonds is 2. The van der Waals surface area contributed by atoms with Crippen molar-refractivity contribution >= 4 is 22.9 Å². The molecule has 0 amide bonds. The van der Waals surface area contributed by atoms with Gasteiger partial charge in [0.05, 0.1) is 0 Å². The highest BCUT2D eigenvalue weighted by atomic mass is 35.5. The molecule has 2 atom stereocenters. The van der Waals surface area contributed by atoms with Crippen LogP contribution >= 0.6 is 22.9 Å². The smallest absolute Gasteiger partial charge is 0.0338 e. The predicted octanol–water partition coefficient (Wildman–Crippen LogP) is 4.79. The molecular weight excluding hydrogens is 224 g/mol. The van der Waals surface area contributed by atoms with E-state index in [1.165, 1.54) is 49.0 Å². The maximum absolute atomic E-state index is 6.29. The molecule has 0 radical (unpaired) electrons. The van der Waals surface area contributed by atoms with Gasteiger partial charge in [0.2, 0.25) is 0 Å². The predicted molar refractivity (Wildman–Crippen MR) is 69.0 cm³/mol. The number of thiophene rings is 1. The van der Waals surface area contributed by atoms with E-state index >= 15 is 0 Å². The molecule has 2 rings (SSSR count). The Bertz CT molecular complexity index is 305. The summed E-state index contributed by atoms with van der Waals surface area (Å²) in [6.07, 6.45) is 7.76. The number of halogens is 1. The van der Waals surface area contributed by atoms with Crippen LogP contribution < -0.4 is 0 Å². The second kappa shape index (κ2) is 5.36. The molecule has 0 nitrogen and oxygen atoms in total. The highest BCUT2D eigenvalue weighted by molar-refractivity contribution is 7.10. The fourth-order valence-electron chi connectivity index (χ4n) is 2.52. The SMILES string of the molecule is Cc1cc(CC2CCCCC(Cl)C2)cs1. The summed E-state index contributed by atoms with van der Waals surface area (Å²) in [6, 6.07) is 2.33. The van der Waals surface area contributed by atoms with Gasteiger partial charge in [-0.2, -0.15) is 0 Å². The lowest BCUT2D eigenvalue weighted by atomic mass is 9.93. The van der Waals surface area contributed by atoms with E-state index in [2.05, 4.69) is 18.4 Å². The average molecular weight is 243 g/mol. The Hall–Kier alpha value is -0.0100. The first-order valence-electron chi connectivity index (χ1n) is 5.92. The molecule has 0 spiro atoms. The molecule has 1 fully saturated rings. The van der Waals surface area contributed by atoms with Crippen LogP contribution in [0, 0.1) is 12.8 Å². The molecule has 1 aromatic rings. The Balaban J connectivity index is 1.92. The fourth-order valence-corrected chi connectivity index (χ4v) is 3.65. The lowest BCUT2D eigenvalue weighted by Gasteiger charge is -2.14. The summed E-state index contributed by atoms with van der Waals surface area (Å²) >= 11 is 8.16. The standard InChI is InChI=1S/C13H19ClS/c1-10-6-12(9-15-10)7-11-4-2-3-5-13(14)8-11/h6,9,11,13H,2-5,7-8H2,1H3. The first kappa shape index (κ1) is 11.5. The second-order valence-corrected chi connectivity index (χ2v) is 6.49. The molecular formula is C13H19ClS. The maximum Gasteiger partial charge on any atom is 0.0338 e. The van der Waals surface area contributed by atoms with Crippen LogP contribution in [0.1, 0.15) is 42.5 Å². The molecule has 1 aromatic heterocycles. The van der Waals surface area contributed by atoms with E-state index in [1.807, 2.05) is 11.3 Å². The summed E-state index contributed by atoms with van der Waals surface area (Å²) < 4.78 is 0. The van der Waals surface area contributed by atoms with Crippen molar-refractivity contribution in [3.05, 3.63) is 21.9 Å². The van der Waals surface area contributed by atoms with Gasteiger partial charge in [0.25, 0.3) is 0 Å². The van der Waals surface area contributed by atoms with Crippen LogP contribution in [0.25, 0.3) is 0 Å². The number of hydrogen-bond acceptors (Lipinski definition) is 1. The van der Waals surface area contributed by atoms with Crippen LogP contribution in [0.2, 0.25) is 0 Å². The van der Waals surface area contributed by atoms with E-state index in [0.717, 1.165) is 5.92 Å². The maximum atomic E-state index is 6.29. The zero-order valence-corrected chi connectivity index (χ0v) is 10.9. The third-order valence-electron chi connectivity index (χ3n) is 3.28. The zero-order valence-electron chi connectivity index (χ0n) is 9.34. The summed E-state index contributed by atoms with van der Waals surface area (Å²) in [5.41, 5.74) is 1.52. The summed E-state index contributed by atoms with van der Waals surface area (Å²) in [5, 5.41) is 2.74. The van der Waals surface area contributed by atoms with Gasteiger partial charge in [-0.15, -0.1) is 22.9 Å². The van der Waals surface area contributed by atoms with Gasteiger partial charge in [0, 0.05) is 10.3 Å². The molecule has 0 aromatic carbocycles. The van der Waals surface area contributed by atoms with Crippen molar-refractivity contribution in [2.45, 2.75) is 50.8 Å². The Morgan fingerprint density at radius 3 is 2.93 bits per heavy atom. The van der Waals surface area contributed by atoms with E-state index in [4.69, 9.17) is 11.6 Å². The van der Waals surface area contributed by atoms with Crippen molar-refractivity contribution in [3.63, 3.8) is 0 Å². The minimum absolute atomic E-state index is 0.428. The summed E-state index contributed by atoms with van der Waals surface area (Å²) in [5.74, 6) is 0.823. The molecule has 1 saturated carbocycles. The van der Waals surface area contributed by atoms with Crippen LogP contribution in [0.4, 0.5) is 0 Å². The largest absolute Gasteiger partial charge is 0.149 e. The van der Waals surface area contributed by atoms with Gasteiger partial charge in [-0.3, -0.25) is 0 Å². The quantitative estimate of drug-likeness (QED) is 0.517. The Labute approximate surface area is 102 Å². The third-order valence-corrected chi connectivity index (χ3v) is 4.58. The summed E-state index contributed by atoms with van der Waals surface area (Å²) in [6.45, 7) is 2.19. The molecule has 0 saturated heterocycles. The molecule has 0 N–H and O–H groups in total. The van der Waals surface area contributed by atoms with Gasteiger partial charge >= 0.3 is 0 Å². The van der Waals surface area contributed by atoms with E-state index in [1.54, 1.807) is 0 Å². The lowest BCUT2D eigenvalue weighted by Crippen LogP contribution is -2.08. The molecule has 1 heterocycles. The first-order chi connectivity index (χ1) is 7.24. The average Bonchev–Trinajstić information content (AvgIpc) is 2.46.